The van der Waals surface area contributed by atoms with Gasteiger partial charge in [-0.15, -0.1) is 0 Å². The Kier molecular flexibility index (Phi) is 5.93. The molecule has 3 atom stereocenters. The highest BCUT2D eigenvalue weighted by Gasteiger charge is 2.37. The number of ether oxygens (including phenoxy) is 1. The average Bonchev–Trinajstić information content (AvgIpc) is 3.26. The quantitative estimate of drug-likeness (QED) is 0.702. The summed E-state index contributed by atoms with van der Waals surface area (Å²) >= 11 is 0. The van der Waals surface area contributed by atoms with Gasteiger partial charge < -0.3 is 9.84 Å². The van der Waals surface area contributed by atoms with Gasteiger partial charge >= 0.3 is 0 Å². The largest absolute Gasteiger partial charge is 0.496 e. The lowest BCUT2D eigenvalue weighted by atomic mass is 9.88. The Bertz CT molecular complexity index is 818. The molecule has 0 saturated carbocycles. The molecular formula is C24H33N3O2. The minimum absolute atomic E-state index is 0.429. The maximum absolute atomic E-state index is 11.1. The van der Waals surface area contributed by atoms with Crippen molar-refractivity contribution in [3.05, 3.63) is 65.2 Å². The minimum Gasteiger partial charge on any atom is -0.496 e. The zero-order valence-corrected chi connectivity index (χ0v) is 17.7. The molecule has 0 spiro atoms. The third-order valence-corrected chi connectivity index (χ3v) is 6.67. The zero-order valence-electron chi connectivity index (χ0n) is 17.7. The van der Waals surface area contributed by atoms with Crippen LogP contribution < -0.4 is 15.6 Å². The number of nitrogens with one attached hydrogen (secondary N) is 2. The van der Waals surface area contributed by atoms with Gasteiger partial charge in [-0.1, -0.05) is 42.5 Å². The van der Waals surface area contributed by atoms with Crippen LogP contribution in [-0.2, 0) is 18.6 Å². The maximum atomic E-state index is 11.1. The summed E-state index contributed by atoms with van der Waals surface area (Å²) in [5, 5.41) is 11.1. The fourth-order valence-electron chi connectivity index (χ4n) is 4.86. The summed E-state index contributed by atoms with van der Waals surface area (Å²) < 4.78 is 5.65. The third kappa shape index (κ3) is 4.33. The van der Waals surface area contributed by atoms with Crippen molar-refractivity contribution in [3.63, 3.8) is 0 Å². The van der Waals surface area contributed by atoms with Crippen molar-refractivity contribution in [2.75, 3.05) is 20.2 Å². The van der Waals surface area contributed by atoms with Gasteiger partial charge in [-0.3, -0.25) is 15.8 Å². The topological polar surface area (TPSA) is 56.8 Å². The van der Waals surface area contributed by atoms with Crippen molar-refractivity contribution in [3.8, 4) is 5.75 Å². The maximum Gasteiger partial charge on any atom is 0.122 e. The lowest BCUT2D eigenvalue weighted by Gasteiger charge is -2.24. The average molecular weight is 396 g/mol. The molecule has 3 N–H and O–H groups in total. The molecule has 2 saturated heterocycles. The summed E-state index contributed by atoms with van der Waals surface area (Å²) in [4.78, 5) is 2.35. The summed E-state index contributed by atoms with van der Waals surface area (Å²) in [6.07, 6.45) is 1.75. The molecule has 5 heteroatoms. The van der Waals surface area contributed by atoms with Gasteiger partial charge in [0.15, 0.2) is 0 Å². The van der Waals surface area contributed by atoms with Gasteiger partial charge in [-0.05, 0) is 55.4 Å². The number of rotatable bonds is 6. The molecular weight excluding hydrogens is 362 g/mol. The molecule has 2 aliphatic heterocycles. The van der Waals surface area contributed by atoms with E-state index in [1.807, 2.05) is 30.3 Å². The Labute approximate surface area is 174 Å². The van der Waals surface area contributed by atoms with E-state index >= 15 is 0 Å². The number of hydrogen-bond donors (Lipinski definition) is 3. The molecule has 5 nitrogen and oxygen atoms in total. The van der Waals surface area contributed by atoms with Crippen molar-refractivity contribution >= 4 is 0 Å². The predicted molar refractivity (Wildman–Crippen MR) is 116 cm³/mol. The molecule has 4 rings (SSSR count). The van der Waals surface area contributed by atoms with E-state index in [1.54, 1.807) is 7.11 Å². The van der Waals surface area contributed by atoms with Crippen LogP contribution in [0.25, 0.3) is 0 Å². The van der Waals surface area contributed by atoms with E-state index in [4.69, 9.17) is 4.74 Å². The van der Waals surface area contributed by atoms with Crippen molar-refractivity contribution in [2.45, 2.75) is 50.9 Å². The molecule has 2 aliphatic rings. The normalized spacial score (nSPS) is 30.0. The van der Waals surface area contributed by atoms with Gasteiger partial charge in [0.2, 0.25) is 0 Å². The molecule has 0 bridgehead atoms. The molecule has 0 amide bonds. The van der Waals surface area contributed by atoms with Gasteiger partial charge in [0.1, 0.15) is 11.4 Å². The second-order valence-corrected chi connectivity index (χ2v) is 8.74. The highest BCUT2D eigenvalue weighted by Crippen LogP contribution is 2.33. The third-order valence-electron chi connectivity index (χ3n) is 6.67. The van der Waals surface area contributed by atoms with Crippen LogP contribution in [0, 0.1) is 5.92 Å². The highest BCUT2D eigenvalue weighted by molar-refractivity contribution is 5.38. The molecule has 0 aromatic heterocycles. The monoisotopic (exact) mass is 395 g/mol. The molecule has 0 aliphatic carbocycles. The van der Waals surface area contributed by atoms with Crippen molar-refractivity contribution < 1.29 is 9.84 Å². The van der Waals surface area contributed by atoms with Crippen LogP contribution in [0.15, 0.2) is 48.5 Å². The lowest BCUT2D eigenvalue weighted by Crippen LogP contribution is -2.30. The summed E-state index contributed by atoms with van der Waals surface area (Å²) in [5.74, 6) is 1.48. The molecule has 156 valence electrons. The zero-order chi connectivity index (χ0) is 20.4. The Balaban J connectivity index is 1.47. The van der Waals surface area contributed by atoms with Crippen LogP contribution in [0.2, 0.25) is 0 Å². The van der Waals surface area contributed by atoms with E-state index < -0.39 is 5.60 Å². The standard InChI is InChI=1S/C24H33N3O2/c1-17-22(18(2)26-25-17)14-20-13-19(9-10-23(20)29-3)15-27-12-11-24(28,16-27)21-7-5-4-6-8-21/h4-10,13,17-18,22,25-26,28H,11-12,14-16H2,1-3H3. The molecule has 2 aromatic rings. The number of aliphatic hydroxyl groups is 1. The summed E-state index contributed by atoms with van der Waals surface area (Å²) in [7, 11) is 1.75. The predicted octanol–water partition coefficient (Wildman–Crippen LogP) is 2.83. The first-order valence-electron chi connectivity index (χ1n) is 10.7. The first kappa shape index (κ1) is 20.4. The van der Waals surface area contributed by atoms with Crippen LogP contribution in [-0.4, -0.2) is 42.3 Å². The van der Waals surface area contributed by atoms with Crippen molar-refractivity contribution in [1.82, 2.24) is 15.8 Å². The van der Waals surface area contributed by atoms with Crippen molar-refractivity contribution in [1.29, 1.82) is 0 Å². The number of hydrazine groups is 1. The molecule has 2 aromatic carbocycles. The van der Waals surface area contributed by atoms with Gasteiger partial charge in [0, 0.05) is 31.7 Å². The number of β-amino-alcohol motifs (C(OH)–C–C–N with tert-alkyl or cyclic N) is 1. The first-order valence-corrected chi connectivity index (χ1v) is 10.7. The van der Waals surface area contributed by atoms with E-state index in [9.17, 15) is 5.11 Å². The van der Waals surface area contributed by atoms with Gasteiger partial charge in [-0.2, -0.15) is 0 Å². The summed E-state index contributed by atoms with van der Waals surface area (Å²) in [6.45, 7) is 6.87. The Morgan fingerprint density at radius 2 is 1.83 bits per heavy atom. The highest BCUT2D eigenvalue weighted by atomic mass is 16.5. The Morgan fingerprint density at radius 3 is 2.52 bits per heavy atom. The fourth-order valence-corrected chi connectivity index (χ4v) is 4.86. The Hall–Kier alpha value is -1.92. The van der Waals surface area contributed by atoms with Gasteiger partial charge in [0.25, 0.3) is 0 Å². The van der Waals surface area contributed by atoms with Gasteiger partial charge in [-0.25, -0.2) is 0 Å². The number of hydrogen-bond acceptors (Lipinski definition) is 5. The SMILES string of the molecule is COc1ccc(CN2CCC(O)(c3ccccc3)C2)cc1CC1C(C)NNC1C. The van der Waals surface area contributed by atoms with Crippen LogP contribution in [0.5, 0.6) is 5.75 Å². The first-order chi connectivity index (χ1) is 14.0. The number of methoxy groups -OCH3 is 1. The minimum atomic E-state index is -0.747. The molecule has 29 heavy (non-hydrogen) atoms. The summed E-state index contributed by atoms with van der Waals surface area (Å²) in [5.41, 5.74) is 9.50. The molecule has 2 heterocycles. The van der Waals surface area contributed by atoms with Gasteiger partial charge in [0.05, 0.1) is 7.11 Å². The van der Waals surface area contributed by atoms with E-state index in [0.29, 0.717) is 24.5 Å². The van der Waals surface area contributed by atoms with E-state index in [2.05, 4.69) is 47.8 Å². The molecule has 3 unspecified atom stereocenters. The second kappa shape index (κ2) is 8.44. The van der Waals surface area contributed by atoms with Crippen LogP contribution in [0.4, 0.5) is 0 Å². The van der Waals surface area contributed by atoms with Crippen LogP contribution in [0.3, 0.4) is 0 Å². The molecule has 2 fully saturated rings. The molecule has 0 radical (unpaired) electrons. The fraction of sp³-hybridized carbons (Fsp3) is 0.500. The van der Waals surface area contributed by atoms with Crippen LogP contribution in [0.1, 0.15) is 37.0 Å². The number of nitrogens with zero attached hydrogens (tertiary/aromatic N) is 1. The number of benzene rings is 2. The smallest absolute Gasteiger partial charge is 0.122 e. The van der Waals surface area contributed by atoms with E-state index in [1.165, 1.54) is 11.1 Å². The van der Waals surface area contributed by atoms with E-state index in [-0.39, 0.29) is 0 Å². The van der Waals surface area contributed by atoms with Crippen LogP contribution >= 0.6 is 0 Å². The summed E-state index contributed by atoms with van der Waals surface area (Å²) in [6, 6.07) is 17.4. The Morgan fingerprint density at radius 1 is 1.10 bits per heavy atom. The number of likely N-dealkylation sites (tertiary alicyclic amines) is 1. The second-order valence-electron chi connectivity index (χ2n) is 8.74. The van der Waals surface area contributed by atoms with Crippen molar-refractivity contribution in [2.24, 2.45) is 5.92 Å². The lowest BCUT2D eigenvalue weighted by molar-refractivity contribution is 0.0453. The van der Waals surface area contributed by atoms with E-state index in [0.717, 1.165) is 37.2 Å².